The van der Waals surface area contributed by atoms with E-state index in [1.165, 1.54) is 18.2 Å². The first-order valence-electron chi connectivity index (χ1n) is 8.48. The molecule has 13 heteroatoms. The van der Waals surface area contributed by atoms with Crippen molar-refractivity contribution in [3.05, 3.63) is 40.0 Å². The lowest BCUT2D eigenvalue weighted by molar-refractivity contribution is -0.384. The highest BCUT2D eigenvalue weighted by atomic mass is 32.1. The predicted octanol–water partition coefficient (Wildman–Crippen LogP) is 1.87. The van der Waals surface area contributed by atoms with Crippen molar-refractivity contribution >= 4 is 61.5 Å². The third kappa shape index (κ3) is 5.33. The van der Waals surface area contributed by atoms with Crippen molar-refractivity contribution < 1.29 is 34.0 Å². The lowest BCUT2D eigenvalue weighted by Gasteiger charge is -2.12. The van der Waals surface area contributed by atoms with Gasteiger partial charge in [0.25, 0.3) is 11.6 Å². The van der Waals surface area contributed by atoms with E-state index < -0.39 is 40.0 Å². The van der Waals surface area contributed by atoms with Crippen LogP contribution in [-0.4, -0.2) is 51.4 Å². The summed E-state index contributed by atoms with van der Waals surface area (Å²) in [5.74, 6) is -6.96. The Labute approximate surface area is 178 Å². The van der Waals surface area contributed by atoms with E-state index in [1.54, 1.807) is 13.8 Å². The first-order valence-corrected chi connectivity index (χ1v) is 9.29. The topological polar surface area (TPSA) is 178 Å². The van der Waals surface area contributed by atoms with Crippen molar-refractivity contribution in [3.63, 3.8) is 0 Å². The van der Waals surface area contributed by atoms with Crippen molar-refractivity contribution in [2.45, 2.75) is 13.8 Å². The van der Waals surface area contributed by atoms with Gasteiger partial charge < -0.3 is 9.94 Å². The van der Waals surface area contributed by atoms with E-state index in [2.05, 4.69) is 20.2 Å². The number of allylic oxidation sites excluding steroid dienone is 2. The van der Waals surface area contributed by atoms with Gasteiger partial charge in [-0.25, -0.2) is 9.78 Å². The van der Waals surface area contributed by atoms with Gasteiger partial charge in [0.05, 0.1) is 22.2 Å². The van der Waals surface area contributed by atoms with Gasteiger partial charge in [-0.15, -0.1) is 0 Å². The van der Waals surface area contributed by atoms with E-state index in [0.717, 1.165) is 24.5 Å². The Kier molecular flexibility index (Phi) is 7.26. The molecule has 0 bridgehead atoms. The molecule has 2 N–H and O–H groups in total. The van der Waals surface area contributed by atoms with Crippen molar-refractivity contribution in [1.82, 2.24) is 4.98 Å². The van der Waals surface area contributed by atoms with E-state index in [1.807, 2.05) is 0 Å². The molecule has 1 aromatic carbocycles. The van der Waals surface area contributed by atoms with E-state index >= 15 is 0 Å². The fourth-order valence-electron chi connectivity index (χ4n) is 2.45. The average Bonchev–Trinajstić information content (AvgIpc) is 3.11. The van der Waals surface area contributed by atoms with Crippen molar-refractivity contribution in [1.29, 1.82) is 0 Å². The maximum atomic E-state index is 12.7. The molecule has 0 saturated carbocycles. The monoisotopic (exact) mass is 448 g/mol. The summed E-state index contributed by atoms with van der Waals surface area (Å²) in [6.07, 6.45) is 1.01. The van der Waals surface area contributed by atoms with Gasteiger partial charge >= 0.3 is 5.97 Å². The first-order chi connectivity index (χ1) is 14.6. The summed E-state index contributed by atoms with van der Waals surface area (Å²) in [6.45, 7) is 3.10. The maximum Gasteiger partial charge on any atom is 0.357 e. The largest absolute Gasteiger partial charge is 0.464 e. The Morgan fingerprint density at radius 1 is 1.32 bits per heavy atom. The number of esters is 1. The highest BCUT2D eigenvalue weighted by Gasteiger charge is 2.39. The third-order valence-corrected chi connectivity index (χ3v) is 4.71. The minimum absolute atomic E-state index is 0.0668. The van der Waals surface area contributed by atoms with Crippen LogP contribution in [0, 0.1) is 16.0 Å². The molecule has 0 aliphatic heterocycles. The number of benzene rings is 1. The number of nitro benzene ring substituents is 1. The van der Waals surface area contributed by atoms with E-state index in [4.69, 9.17) is 5.21 Å². The van der Waals surface area contributed by atoms with Crippen LogP contribution < -0.4 is 5.32 Å². The maximum absolute atomic E-state index is 12.7. The molecule has 0 spiro atoms. The number of methoxy groups -OCH3 is 1. The molecule has 1 heterocycles. The van der Waals surface area contributed by atoms with Crippen LogP contribution in [-0.2, 0) is 23.9 Å². The van der Waals surface area contributed by atoms with Gasteiger partial charge in [-0.3, -0.25) is 29.8 Å². The Bertz CT molecular complexity index is 1150. The second-order valence-electron chi connectivity index (χ2n) is 6.28. The molecular weight excluding hydrogens is 432 g/mol. The number of nitrogens with zero attached hydrogens (tertiary/aromatic N) is 3. The number of hydrogen-bond donors (Lipinski definition) is 2. The number of fused-ring (bicyclic) bond motifs is 1. The number of anilines is 1. The molecule has 162 valence electrons. The molecule has 2 rings (SSSR count). The molecule has 2 aromatic rings. The molecular formula is C18H16N4O8S. The summed E-state index contributed by atoms with van der Waals surface area (Å²) < 4.78 is 4.78. The number of Topliss-reactive ketones (excluding diaryl/α,β-unsaturated/α-hetero) is 1. The molecule has 1 atom stereocenters. The summed E-state index contributed by atoms with van der Waals surface area (Å²) in [5.41, 5.74) is -0.328. The zero-order valence-corrected chi connectivity index (χ0v) is 17.3. The average molecular weight is 448 g/mol. The highest BCUT2D eigenvalue weighted by Crippen LogP contribution is 2.29. The van der Waals surface area contributed by atoms with Crippen molar-refractivity contribution in [2.24, 2.45) is 11.1 Å². The summed E-state index contributed by atoms with van der Waals surface area (Å²) in [5, 5.41) is 24.8. The second kappa shape index (κ2) is 9.67. The molecule has 12 nitrogen and oxygen atoms in total. The smallest absolute Gasteiger partial charge is 0.357 e. The van der Waals surface area contributed by atoms with Crippen LogP contribution in [0.4, 0.5) is 10.8 Å². The number of nitro groups is 1. The number of hydrogen-bond acceptors (Lipinski definition) is 11. The minimum atomic E-state index is -2.04. The summed E-state index contributed by atoms with van der Waals surface area (Å²) in [6, 6.07) is 3.85. The Balaban J connectivity index is 2.36. The molecule has 1 amide bonds. The number of oxime groups is 1. The molecule has 0 aliphatic rings. The Hall–Kier alpha value is -4.00. The van der Waals surface area contributed by atoms with Gasteiger partial charge in [-0.2, -0.15) is 0 Å². The number of ketones is 2. The SMILES string of the molecule is COC(=O)/C(=N\O)[C@H](C(=O)C=C(C)C)C(=O)C(=O)Nc1nc2ccc([N+](=O)[O-])cc2s1. The lowest BCUT2D eigenvalue weighted by atomic mass is 9.91. The Morgan fingerprint density at radius 2 is 2.00 bits per heavy atom. The number of nitrogens with one attached hydrogen (secondary N) is 1. The number of aromatic nitrogens is 1. The summed E-state index contributed by atoms with van der Waals surface area (Å²) >= 11 is 0.862. The Morgan fingerprint density at radius 3 is 2.55 bits per heavy atom. The number of non-ortho nitro benzene ring substituents is 1. The minimum Gasteiger partial charge on any atom is -0.464 e. The molecule has 0 fully saturated rings. The number of thiazole rings is 1. The number of carbonyl (C=O) groups is 4. The number of rotatable bonds is 8. The van der Waals surface area contributed by atoms with E-state index in [9.17, 15) is 29.3 Å². The van der Waals surface area contributed by atoms with E-state index in [0.29, 0.717) is 15.8 Å². The van der Waals surface area contributed by atoms with Crippen LogP contribution in [0.2, 0.25) is 0 Å². The van der Waals surface area contributed by atoms with Crippen molar-refractivity contribution in [2.75, 3.05) is 12.4 Å². The summed E-state index contributed by atoms with van der Waals surface area (Å²) in [4.78, 5) is 63.8. The number of carbonyl (C=O) groups excluding carboxylic acids is 4. The molecule has 0 unspecified atom stereocenters. The van der Waals surface area contributed by atoms with Gasteiger partial charge in [0, 0.05) is 12.1 Å². The van der Waals surface area contributed by atoms with Crippen LogP contribution in [0.25, 0.3) is 10.2 Å². The first kappa shape index (κ1) is 23.3. The van der Waals surface area contributed by atoms with Crippen LogP contribution >= 0.6 is 11.3 Å². The van der Waals surface area contributed by atoms with Crippen LogP contribution in [0.5, 0.6) is 0 Å². The number of ether oxygens (including phenoxy) is 1. The van der Waals surface area contributed by atoms with Gasteiger partial charge in [0.15, 0.2) is 16.6 Å². The summed E-state index contributed by atoms with van der Waals surface area (Å²) in [7, 11) is 0.945. The standard InChI is InChI=1S/C18H16N4O8S/c1-8(2)6-11(23)13(14(21-27)17(26)30-3)15(24)16(25)20-18-19-10-5-4-9(22(28)29)7-12(10)31-18/h4-7,13,27H,1-3H3,(H,19,20,25)/b21-14-/t13-/m0/s1. The normalized spacial score (nSPS) is 12.0. The van der Waals surface area contributed by atoms with Crippen LogP contribution in [0.15, 0.2) is 35.0 Å². The van der Waals surface area contributed by atoms with Gasteiger partial charge in [0.2, 0.25) is 5.78 Å². The molecule has 1 aromatic heterocycles. The van der Waals surface area contributed by atoms with Crippen LogP contribution in [0.1, 0.15) is 13.8 Å². The quantitative estimate of drug-likeness (QED) is 0.0891. The van der Waals surface area contributed by atoms with Crippen molar-refractivity contribution in [3.8, 4) is 0 Å². The van der Waals surface area contributed by atoms with Gasteiger partial charge in [0.1, 0.15) is 5.92 Å². The molecule has 0 aliphatic carbocycles. The third-order valence-electron chi connectivity index (χ3n) is 3.78. The highest BCUT2D eigenvalue weighted by molar-refractivity contribution is 7.22. The zero-order valence-electron chi connectivity index (χ0n) is 16.4. The van der Waals surface area contributed by atoms with Gasteiger partial charge in [-0.05, 0) is 26.0 Å². The lowest BCUT2D eigenvalue weighted by Crippen LogP contribution is -2.42. The zero-order chi connectivity index (χ0) is 23.3. The molecule has 31 heavy (non-hydrogen) atoms. The molecule has 0 saturated heterocycles. The molecule has 0 radical (unpaired) electrons. The van der Waals surface area contributed by atoms with Gasteiger partial charge in [-0.1, -0.05) is 22.1 Å². The second-order valence-corrected chi connectivity index (χ2v) is 7.31. The fourth-order valence-corrected chi connectivity index (χ4v) is 3.34. The van der Waals surface area contributed by atoms with Crippen LogP contribution in [0.3, 0.4) is 0 Å². The number of amides is 1. The predicted molar refractivity (Wildman–Crippen MR) is 109 cm³/mol. The van der Waals surface area contributed by atoms with E-state index in [-0.39, 0.29) is 10.8 Å². The fraction of sp³-hybridized carbons (Fsp3) is 0.222.